The highest BCUT2D eigenvalue weighted by Gasteiger charge is 2.20. The smallest absolute Gasteiger partial charge is 0.146 e. The predicted octanol–water partition coefficient (Wildman–Crippen LogP) is 1.89. The van der Waals surface area contributed by atoms with E-state index >= 15 is 0 Å². The number of rotatable bonds is 3. The van der Waals surface area contributed by atoms with Gasteiger partial charge >= 0.3 is 0 Å². The zero-order valence-electron chi connectivity index (χ0n) is 9.77. The largest absolute Gasteiger partial charge is 0.359 e. The van der Waals surface area contributed by atoms with Gasteiger partial charge in [-0.25, -0.2) is 9.97 Å². The second-order valence-electron chi connectivity index (χ2n) is 4.45. The van der Waals surface area contributed by atoms with Crippen molar-refractivity contribution in [2.75, 3.05) is 18.5 Å². The van der Waals surface area contributed by atoms with Crippen molar-refractivity contribution in [1.82, 2.24) is 9.97 Å². The molecule has 16 heavy (non-hydrogen) atoms. The molecule has 0 saturated heterocycles. The molecule has 0 aliphatic heterocycles. The first-order chi connectivity index (χ1) is 7.69. The van der Waals surface area contributed by atoms with Crippen molar-refractivity contribution >= 4 is 5.82 Å². The average Bonchev–Trinajstić information content (AvgIpc) is 2.22. The van der Waals surface area contributed by atoms with Gasteiger partial charge in [0.25, 0.3) is 0 Å². The molecular formula is C12H16N4. The molecule has 1 fully saturated rings. The van der Waals surface area contributed by atoms with E-state index in [2.05, 4.69) is 20.9 Å². The van der Waals surface area contributed by atoms with E-state index in [1.807, 2.05) is 14.0 Å². The van der Waals surface area contributed by atoms with Gasteiger partial charge in [-0.3, -0.25) is 0 Å². The number of nitriles is 1. The lowest BCUT2D eigenvalue weighted by atomic mass is 9.85. The number of anilines is 1. The molecule has 1 aromatic heterocycles. The summed E-state index contributed by atoms with van der Waals surface area (Å²) in [7, 11) is 2.03. The summed E-state index contributed by atoms with van der Waals surface area (Å²) >= 11 is 0. The highest BCUT2D eigenvalue weighted by atomic mass is 15.2. The Morgan fingerprint density at radius 3 is 2.81 bits per heavy atom. The van der Waals surface area contributed by atoms with Crippen molar-refractivity contribution in [3.05, 3.63) is 17.6 Å². The lowest BCUT2D eigenvalue weighted by Gasteiger charge is -2.30. The van der Waals surface area contributed by atoms with Crippen LogP contribution in [0.1, 0.15) is 30.8 Å². The third-order valence-corrected chi connectivity index (χ3v) is 3.09. The summed E-state index contributed by atoms with van der Waals surface area (Å²) in [5, 5.41) is 8.85. The van der Waals surface area contributed by atoms with Gasteiger partial charge in [0, 0.05) is 19.7 Å². The molecule has 0 N–H and O–H groups in total. The second kappa shape index (κ2) is 4.48. The van der Waals surface area contributed by atoms with Crippen LogP contribution in [0.2, 0.25) is 0 Å². The van der Waals surface area contributed by atoms with E-state index in [1.165, 1.54) is 19.3 Å². The Balaban J connectivity index is 2.12. The van der Waals surface area contributed by atoms with Gasteiger partial charge in [-0.2, -0.15) is 5.26 Å². The third-order valence-electron chi connectivity index (χ3n) is 3.09. The van der Waals surface area contributed by atoms with Gasteiger partial charge in [0.05, 0.1) is 0 Å². The minimum atomic E-state index is 0.447. The van der Waals surface area contributed by atoms with Gasteiger partial charge in [-0.1, -0.05) is 6.42 Å². The summed E-state index contributed by atoms with van der Waals surface area (Å²) in [6.45, 7) is 2.85. The van der Waals surface area contributed by atoms with Crippen molar-refractivity contribution in [1.29, 1.82) is 5.26 Å². The topological polar surface area (TPSA) is 52.8 Å². The highest BCUT2D eigenvalue weighted by Crippen LogP contribution is 2.27. The molecule has 0 bridgehead atoms. The van der Waals surface area contributed by atoms with Gasteiger partial charge < -0.3 is 4.90 Å². The Morgan fingerprint density at radius 2 is 2.25 bits per heavy atom. The lowest BCUT2D eigenvalue weighted by Crippen LogP contribution is -2.30. The van der Waals surface area contributed by atoms with Crippen LogP contribution in [0.5, 0.6) is 0 Å². The first-order valence-electron chi connectivity index (χ1n) is 5.66. The van der Waals surface area contributed by atoms with Crippen LogP contribution in [0.15, 0.2) is 6.07 Å². The molecule has 0 spiro atoms. The maximum Gasteiger partial charge on any atom is 0.146 e. The summed E-state index contributed by atoms with van der Waals surface area (Å²) in [5.41, 5.74) is 0.447. The minimum absolute atomic E-state index is 0.447. The van der Waals surface area contributed by atoms with Crippen LogP contribution in [-0.2, 0) is 0 Å². The minimum Gasteiger partial charge on any atom is -0.359 e. The van der Waals surface area contributed by atoms with Gasteiger partial charge in [0.2, 0.25) is 0 Å². The number of aromatic nitrogens is 2. The Labute approximate surface area is 95.9 Å². The third kappa shape index (κ3) is 2.30. The summed E-state index contributed by atoms with van der Waals surface area (Å²) in [6.07, 6.45) is 3.99. The quantitative estimate of drug-likeness (QED) is 0.774. The normalized spacial score (nSPS) is 15.3. The molecule has 2 rings (SSSR count). The van der Waals surface area contributed by atoms with Crippen LogP contribution in [-0.4, -0.2) is 23.6 Å². The molecule has 0 amide bonds. The van der Waals surface area contributed by atoms with E-state index < -0.39 is 0 Å². The monoisotopic (exact) mass is 216 g/mol. The van der Waals surface area contributed by atoms with Crippen molar-refractivity contribution < 1.29 is 0 Å². The molecule has 0 unspecified atom stereocenters. The maximum absolute atomic E-state index is 8.85. The van der Waals surface area contributed by atoms with Crippen LogP contribution in [0, 0.1) is 24.2 Å². The van der Waals surface area contributed by atoms with Crippen LogP contribution in [0.4, 0.5) is 5.82 Å². The molecule has 1 aliphatic rings. The number of hydrogen-bond acceptors (Lipinski definition) is 4. The lowest BCUT2D eigenvalue weighted by molar-refractivity contribution is 0.321. The zero-order valence-corrected chi connectivity index (χ0v) is 9.77. The Morgan fingerprint density at radius 1 is 1.50 bits per heavy atom. The van der Waals surface area contributed by atoms with E-state index in [9.17, 15) is 0 Å². The van der Waals surface area contributed by atoms with Gasteiger partial charge in [-0.15, -0.1) is 0 Å². The second-order valence-corrected chi connectivity index (χ2v) is 4.45. The first-order valence-corrected chi connectivity index (χ1v) is 5.66. The van der Waals surface area contributed by atoms with E-state index in [4.69, 9.17) is 5.26 Å². The molecule has 1 aliphatic carbocycles. The van der Waals surface area contributed by atoms with E-state index in [-0.39, 0.29) is 0 Å². The predicted molar refractivity (Wildman–Crippen MR) is 62.1 cm³/mol. The van der Waals surface area contributed by atoms with Crippen LogP contribution >= 0.6 is 0 Å². The molecular weight excluding hydrogens is 200 g/mol. The zero-order chi connectivity index (χ0) is 11.5. The van der Waals surface area contributed by atoms with E-state index in [1.54, 1.807) is 6.07 Å². The molecule has 1 saturated carbocycles. The summed E-state index contributed by atoms with van der Waals surface area (Å²) < 4.78 is 0. The summed E-state index contributed by atoms with van der Waals surface area (Å²) in [4.78, 5) is 10.5. The van der Waals surface area contributed by atoms with E-state index in [0.717, 1.165) is 18.3 Å². The van der Waals surface area contributed by atoms with Gasteiger partial charge in [0.15, 0.2) is 0 Å². The molecule has 1 aromatic rings. The standard InChI is InChI=1S/C12H16N4/c1-9-14-11(7-13)6-12(15-9)16(2)8-10-4-3-5-10/h6,10H,3-5,8H2,1-2H3. The molecule has 0 atom stereocenters. The van der Waals surface area contributed by atoms with Crippen molar-refractivity contribution in [2.24, 2.45) is 5.92 Å². The Hall–Kier alpha value is -1.63. The van der Waals surface area contributed by atoms with Gasteiger partial charge in [0.1, 0.15) is 23.4 Å². The molecule has 4 heteroatoms. The molecule has 0 radical (unpaired) electrons. The van der Waals surface area contributed by atoms with Crippen molar-refractivity contribution in [3.63, 3.8) is 0 Å². The van der Waals surface area contributed by atoms with Crippen molar-refractivity contribution in [2.45, 2.75) is 26.2 Å². The number of nitrogens with zero attached hydrogens (tertiary/aromatic N) is 4. The summed E-state index contributed by atoms with van der Waals surface area (Å²) in [6, 6.07) is 3.82. The van der Waals surface area contributed by atoms with Gasteiger partial charge in [-0.05, 0) is 25.7 Å². The summed E-state index contributed by atoms with van der Waals surface area (Å²) in [5.74, 6) is 2.32. The van der Waals surface area contributed by atoms with Crippen LogP contribution in [0.3, 0.4) is 0 Å². The number of aryl methyl sites for hydroxylation is 1. The van der Waals surface area contributed by atoms with Crippen molar-refractivity contribution in [3.8, 4) is 6.07 Å². The molecule has 0 aromatic carbocycles. The molecule has 84 valence electrons. The Bertz CT molecular complexity index is 418. The fraction of sp³-hybridized carbons (Fsp3) is 0.583. The van der Waals surface area contributed by atoms with Crippen LogP contribution in [0.25, 0.3) is 0 Å². The average molecular weight is 216 g/mol. The fourth-order valence-corrected chi connectivity index (χ4v) is 1.96. The maximum atomic E-state index is 8.85. The van der Waals surface area contributed by atoms with E-state index in [0.29, 0.717) is 11.5 Å². The fourth-order valence-electron chi connectivity index (χ4n) is 1.96. The molecule has 4 nitrogen and oxygen atoms in total. The highest BCUT2D eigenvalue weighted by molar-refractivity contribution is 5.42. The van der Waals surface area contributed by atoms with Crippen LogP contribution < -0.4 is 4.90 Å². The Kier molecular flexibility index (Phi) is 3.04. The number of hydrogen-bond donors (Lipinski definition) is 0. The SMILES string of the molecule is Cc1nc(C#N)cc(N(C)CC2CCC2)n1. The first kappa shape index (κ1) is 10.9. The molecule has 1 heterocycles.